The van der Waals surface area contributed by atoms with Crippen LogP contribution in [0.2, 0.25) is 0 Å². The Morgan fingerprint density at radius 1 is 1.44 bits per heavy atom. The van der Waals surface area contributed by atoms with Gasteiger partial charge in [0.15, 0.2) is 0 Å². The van der Waals surface area contributed by atoms with Gasteiger partial charge in [0, 0.05) is 25.7 Å². The third-order valence-corrected chi connectivity index (χ3v) is 3.58. The number of hydrogen-bond acceptors (Lipinski definition) is 3. The van der Waals surface area contributed by atoms with Crippen LogP contribution in [0.5, 0.6) is 0 Å². The average molecular weight is 228 g/mol. The minimum absolute atomic E-state index is 0.172. The maximum atomic E-state index is 5.96. The van der Waals surface area contributed by atoms with Crippen molar-refractivity contribution in [2.24, 2.45) is 17.1 Å². The molecule has 0 aromatic rings. The maximum Gasteiger partial charge on any atom is 0.0593 e. The average Bonchev–Trinajstić information content (AvgIpc) is 2.95. The Bertz CT molecular complexity index is 200. The van der Waals surface area contributed by atoms with Gasteiger partial charge in [-0.1, -0.05) is 13.8 Å². The summed E-state index contributed by atoms with van der Waals surface area (Å²) in [5.41, 5.74) is 6.14. The van der Waals surface area contributed by atoms with Gasteiger partial charge in [0.2, 0.25) is 0 Å². The van der Waals surface area contributed by atoms with Crippen molar-refractivity contribution in [3.63, 3.8) is 0 Å². The smallest absolute Gasteiger partial charge is 0.0593 e. The predicted molar refractivity (Wildman–Crippen MR) is 68.5 cm³/mol. The van der Waals surface area contributed by atoms with E-state index in [1.165, 1.54) is 12.8 Å². The first kappa shape index (κ1) is 13.9. The van der Waals surface area contributed by atoms with E-state index in [0.717, 1.165) is 32.2 Å². The number of ether oxygens (including phenoxy) is 1. The SMILES string of the molecule is CC(N)C(C)(C)CN(C)CCOCC1CC1. The van der Waals surface area contributed by atoms with Gasteiger partial charge in [0.1, 0.15) is 0 Å². The van der Waals surface area contributed by atoms with Crippen LogP contribution in [0.25, 0.3) is 0 Å². The van der Waals surface area contributed by atoms with E-state index in [1.54, 1.807) is 0 Å². The van der Waals surface area contributed by atoms with Crippen molar-refractivity contribution in [3.8, 4) is 0 Å². The lowest BCUT2D eigenvalue weighted by Gasteiger charge is -2.33. The molecule has 0 saturated heterocycles. The molecule has 0 aliphatic heterocycles. The molecular formula is C13H28N2O. The summed E-state index contributed by atoms with van der Waals surface area (Å²) in [4.78, 5) is 2.32. The van der Waals surface area contributed by atoms with Gasteiger partial charge in [0.25, 0.3) is 0 Å². The fourth-order valence-corrected chi connectivity index (χ4v) is 1.67. The number of nitrogens with two attached hydrogens (primary N) is 1. The summed E-state index contributed by atoms with van der Waals surface area (Å²) < 4.78 is 5.63. The molecule has 1 unspecified atom stereocenters. The zero-order chi connectivity index (χ0) is 12.2. The minimum atomic E-state index is 0.172. The molecule has 1 saturated carbocycles. The van der Waals surface area contributed by atoms with E-state index in [0.29, 0.717) is 0 Å². The van der Waals surface area contributed by atoms with Gasteiger partial charge in [0.05, 0.1) is 6.61 Å². The molecule has 1 rings (SSSR count). The standard InChI is InChI=1S/C13H28N2O/c1-11(14)13(2,3)10-15(4)7-8-16-9-12-5-6-12/h11-12H,5-10,14H2,1-4H3. The fraction of sp³-hybridized carbons (Fsp3) is 1.00. The molecule has 3 nitrogen and oxygen atoms in total. The van der Waals surface area contributed by atoms with E-state index in [-0.39, 0.29) is 11.5 Å². The van der Waals surface area contributed by atoms with Crippen LogP contribution in [-0.4, -0.2) is 44.3 Å². The molecule has 2 N–H and O–H groups in total. The largest absolute Gasteiger partial charge is 0.380 e. The van der Waals surface area contributed by atoms with Gasteiger partial charge in [-0.15, -0.1) is 0 Å². The molecule has 0 spiro atoms. The van der Waals surface area contributed by atoms with E-state index in [2.05, 4.69) is 32.7 Å². The Hall–Kier alpha value is -0.120. The van der Waals surface area contributed by atoms with Crippen LogP contribution in [0.1, 0.15) is 33.6 Å². The highest BCUT2D eigenvalue weighted by Crippen LogP contribution is 2.28. The van der Waals surface area contributed by atoms with E-state index < -0.39 is 0 Å². The van der Waals surface area contributed by atoms with E-state index in [9.17, 15) is 0 Å². The molecule has 0 aromatic carbocycles. The highest BCUT2D eigenvalue weighted by Gasteiger charge is 2.24. The zero-order valence-electron chi connectivity index (χ0n) is 11.3. The molecule has 1 aliphatic carbocycles. The fourth-order valence-electron chi connectivity index (χ4n) is 1.67. The first-order valence-electron chi connectivity index (χ1n) is 6.43. The highest BCUT2D eigenvalue weighted by molar-refractivity contribution is 4.80. The number of rotatable bonds is 8. The second-order valence-electron chi connectivity index (χ2n) is 6.03. The van der Waals surface area contributed by atoms with Gasteiger partial charge in [-0.05, 0) is 38.1 Å². The van der Waals surface area contributed by atoms with Crippen LogP contribution in [-0.2, 0) is 4.74 Å². The summed E-state index contributed by atoms with van der Waals surface area (Å²) in [6, 6.07) is 0.224. The lowest BCUT2D eigenvalue weighted by molar-refractivity contribution is 0.0886. The molecule has 0 radical (unpaired) electrons. The molecule has 0 bridgehead atoms. The molecule has 16 heavy (non-hydrogen) atoms. The summed E-state index contributed by atoms with van der Waals surface area (Å²) in [6.45, 7) is 10.4. The first-order chi connectivity index (χ1) is 7.42. The molecule has 0 aromatic heterocycles. The molecule has 0 amide bonds. The third kappa shape index (κ3) is 5.28. The summed E-state index contributed by atoms with van der Waals surface area (Å²) in [5.74, 6) is 0.866. The normalized spacial score (nSPS) is 19.1. The van der Waals surface area contributed by atoms with Gasteiger partial charge >= 0.3 is 0 Å². The van der Waals surface area contributed by atoms with Gasteiger partial charge in [-0.2, -0.15) is 0 Å². The lowest BCUT2D eigenvalue weighted by Crippen LogP contribution is -2.43. The summed E-state index contributed by atoms with van der Waals surface area (Å²) in [7, 11) is 2.14. The monoisotopic (exact) mass is 228 g/mol. The van der Waals surface area contributed by atoms with Crippen molar-refractivity contribution in [2.75, 3.05) is 33.4 Å². The lowest BCUT2D eigenvalue weighted by atomic mass is 9.85. The number of likely N-dealkylation sites (N-methyl/N-ethyl adjacent to an activating group) is 1. The number of nitrogens with zero attached hydrogens (tertiary/aromatic N) is 1. The summed E-state index contributed by atoms with van der Waals surface area (Å²) >= 11 is 0. The molecule has 1 aliphatic rings. The molecule has 0 heterocycles. The quantitative estimate of drug-likeness (QED) is 0.643. The summed E-state index contributed by atoms with van der Waals surface area (Å²) in [6.07, 6.45) is 2.74. The molecule has 3 heteroatoms. The van der Waals surface area contributed by atoms with Crippen LogP contribution in [0.3, 0.4) is 0 Å². The van der Waals surface area contributed by atoms with Crippen molar-refractivity contribution in [3.05, 3.63) is 0 Å². The van der Waals surface area contributed by atoms with Gasteiger partial charge in [-0.3, -0.25) is 0 Å². The second-order valence-corrected chi connectivity index (χ2v) is 6.03. The van der Waals surface area contributed by atoms with Crippen LogP contribution >= 0.6 is 0 Å². The van der Waals surface area contributed by atoms with Crippen molar-refractivity contribution in [1.29, 1.82) is 0 Å². The molecule has 1 fully saturated rings. The van der Waals surface area contributed by atoms with Crippen LogP contribution in [0.15, 0.2) is 0 Å². The number of hydrogen-bond donors (Lipinski definition) is 1. The summed E-state index contributed by atoms with van der Waals surface area (Å²) in [5, 5.41) is 0. The van der Waals surface area contributed by atoms with E-state index >= 15 is 0 Å². The maximum absolute atomic E-state index is 5.96. The predicted octanol–water partition coefficient (Wildman–Crippen LogP) is 1.72. The van der Waals surface area contributed by atoms with Crippen molar-refractivity contribution < 1.29 is 4.74 Å². The van der Waals surface area contributed by atoms with Crippen molar-refractivity contribution in [2.45, 2.75) is 39.7 Å². The van der Waals surface area contributed by atoms with Crippen LogP contribution in [0, 0.1) is 11.3 Å². The molecule has 1 atom stereocenters. The Morgan fingerprint density at radius 2 is 2.06 bits per heavy atom. The van der Waals surface area contributed by atoms with E-state index in [4.69, 9.17) is 10.5 Å². The van der Waals surface area contributed by atoms with Crippen LogP contribution < -0.4 is 5.73 Å². The molecule has 96 valence electrons. The van der Waals surface area contributed by atoms with Crippen molar-refractivity contribution in [1.82, 2.24) is 4.90 Å². The van der Waals surface area contributed by atoms with Gasteiger partial charge in [-0.25, -0.2) is 0 Å². The van der Waals surface area contributed by atoms with Crippen LogP contribution in [0.4, 0.5) is 0 Å². The first-order valence-corrected chi connectivity index (χ1v) is 6.43. The third-order valence-electron chi connectivity index (χ3n) is 3.58. The minimum Gasteiger partial charge on any atom is -0.380 e. The molecular weight excluding hydrogens is 200 g/mol. The topological polar surface area (TPSA) is 38.5 Å². The Kier molecular flexibility index (Phi) is 5.22. The second kappa shape index (κ2) is 5.99. The Balaban J connectivity index is 2.06. The van der Waals surface area contributed by atoms with Gasteiger partial charge < -0.3 is 15.4 Å². The zero-order valence-corrected chi connectivity index (χ0v) is 11.3. The Morgan fingerprint density at radius 3 is 2.56 bits per heavy atom. The highest BCUT2D eigenvalue weighted by atomic mass is 16.5. The van der Waals surface area contributed by atoms with Crippen molar-refractivity contribution >= 4 is 0 Å². The Labute approximate surface area is 100 Å². The van der Waals surface area contributed by atoms with E-state index in [1.807, 2.05) is 0 Å².